The molecule has 15 heavy (non-hydrogen) atoms. The number of benzene rings is 1. The first-order valence-electron chi connectivity index (χ1n) is 5.57. The molecule has 1 N–H and O–H groups in total. The summed E-state index contributed by atoms with van der Waals surface area (Å²) in [5.74, 6) is 0.372. The van der Waals surface area contributed by atoms with E-state index >= 15 is 0 Å². The smallest absolute Gasteiger partial charge is 0.0827 e. The summed E-state index contributed by atoms with van der Waals surface area (Å²) in [4.78, 5) is 0. The van der Waals surface area contributed by atoms with E-state index in [-0.39, 0.29) is 6.10 Å². The Labute approximate surface area is 91.4 Å². The van der Waals surface area contributed by atoms with Gasteiger partial charge in [-0.25, -0.2) is 0 Å². The van der Waals surface area contributed by atoms with E-state index < -0.39 is 0 Å². The lowest BCUT2D eigenvalue weighted by atomic mass is 9.98. The van der Waals surface area contributed by atoms with Crippen LogP contribution in [-0.2, 0) is 6.42 Å². The number of rotatable bonds is 2. The van der Waals surface area contributed by atoms with Gasteiger partial charge in [0.2, 0.25) is 0 Å². The van der Waals surface area contributed by atoms with Crippen LogP contribution in [0.4, 0.5) is 0 Å². The molecule has 0 bridgehead atoms. The van der Waals surface area contributed by atoms with Crippen LogP contribution >= 0.6 is 0 Å². The summed E-state index contributed by atoms with van der Waals surface area (Å²) in [5, 5.41) is 10.1. The first kappa shape index (κ1) is 10.4. The lowest BCUT2D eigenvalue weighted by molar-refractivity contribution is 0.124. The maximum atomic E-state index is 10.1. The summed E-state index contributed by atoms with van der Waals surface area (Å²) >= 11 is 0. The maximum absolute atomic E-state index is 10.1. The fourth-order valence-electron chi connectivity index (χ4n) is 2.26. The highest BCUT2D eigenvalue weighted by atomic mass is 16.3. The van der Waals surface area contributed by atoms with Gasteiger partial charge in [-0.05, 0) is 43.7 Å². The molecular weight excluding hydrogens is 184 g/mol. The Kier molecular flexibility index (Phi) is 2.92. The van der Waals surface area contributed by atoms with E-state index in [1.165, 1.54) is 11.1 Å². The molecule has 0 radical (unpaired) electrons. The molecule has 0 heterocycles. The molecule has 0 amide bonds. The van der Waals surface area contributed by atoms with Gasteiger partial charge in [-0.2, -0.15) is 0 Å². The molecule has 0 saturated carbocycles. The van der Waals surface area contributed by atoms with E-state index in [0.29, 0.717) is 5.92 Å². The molecule has 0 fully saturated rings. The van der Waals surface area contributed by atoms with Gasteiger partial charge in [0.15, 0.2) is 0 Å². The average molecular weight is 202 g/mol. The number of aliphatic hydroxyl groups is 1. The minimum Gasteiger partial charge on any atom is -0.388 e. The van der Waals surface area contributed by atoms with Crippen molar-refractivity contribution in [1.82, 2.24) is 0 Å². The topological polar surface area (TPSA) is 20.2 Å². The van der Waals surface area contributed by atoms with Crippen molar-refractivity contribution in [2.75, 3.05) is 0 Å². The van der Waals surface area contributed by atoms with Gasteiger partial charge >= 0.3 is 0 Å². The minimum absolute atomic E-state index is 0.267. The van der Waals surface area contributed by atoms with Gasteiger partial charge in [-0.1, -0.05) is 35.9 Å². The molecule has 2 rings (SSSR count). The molecule has 1 aliphatic carbocycles. The average Bonchev–Trinajstić information content (AvgIpc) is 2.54. The second-order valence-corrected chi connectivity index (χ2v) is 4.63. The summed E-state index contributed by atoms with van der Waals surface area (Å²) in [6.45, 7) is 4.21. The molecule has 80 valence electrons. The predicted octanol–water partition coefficient (Wildman–Crippen LogP) is 3.25. The highest BCUT2D eigenvalue weighted by Crippen LogP contribution is 2.37. The number of hydrogen-bond donors (Lipinski definition) is 1. The van der Waals surface area contributed by atoms with Crippen LogP contribution in [0.1, 0.15) is 37.5 Å². The van der Waals surface area contributed by atoms with E-state index in [1.807, 2.05) is 12.1 Å². The van der Waals surface area contributed by atoms with Crippen molar-refractivity contribution < 1.29 is 5.11 Å². The van der Waals surface area contributed by atoms with Gasteiger partial charge < -0.3 is 5.11 Å². The fraction of sp³-hybridized carbons (Fsp3) is 0.429. The third kappa shape index (κ3) is 2.13. The zero-order chi connectivity index (χ0) is 10.8. The molecule has 0 aliphatic heterocycles. The zero-order valence-corrected chi connectivity index (χ0v) is 9.40. The number of aliphatic hydroxyl groups excluding tert-OH is 1. The summed E-state index contributed by atoms with van der Waals surface area (Å²) in [5.41, 5.74) is 3.78. The molecule has 1 heteroatoms. The summed E-state index contributed by atoms with van der Waals surface area (Å²) < 4.78 is 0. The molecule has 2 unspecified atom stereocenters. The fourth-order valence-corrected chi connectivity index (χ4v) is 2.26. The standard InChI is InChI=1S/C14H18O/c1-10(2)7-8-12-9-11-5-3-4-6-13(11)14(12)15/h3-7,12,14-15H,8-9H2,1-2H3. The molecule has 0 aromatic heterocycles. The third-order valence-corrected chi connectivity index (χ3v) is 3.13. The van der Waals surface area contributed by atoms with Crippen molar-refractivity contribution in [1.29, 1.82) is 0 Å². The van der Waals surface area contributed by atoms with Crippen LogP contribution in [0.25, 0.3) is 0 Å². The van der Waals surface area contributed by atoms with E-state index in [0.717, 1.165) is 18.4 Å². The van der Waals surface area contributed by atoms with Crippen molar-refractivity contribution in [2.24, 2.45) is 5.92 Å². The number of hydrogen-bond acceptors (Lipinski definition) is 1. The second-order valence-electron chi connectivity index (χ2n) is 4.63. The highest BCUT2D eigenvalue weighted by molar-refractivity contribution is 5.34. The van der Waals surface area contributed by atoms with Crippen LogP contribution < -0.4 is 0 Å². The highest BCUT2D eigenvalue weighted by Gasteiger charge is 2.29. The quantitative estimate of drug-likeness (QED) is 0.730. The van der Waals surface area contributed by atoms with Gasteiger partial charge in [-0.3, -0.25) is 0 Å². The number of fused-ring (bicyclic) bond motifs is 1. The van der Waals surface area contributed by atoms with Crippen molar-refractivity contribution in [3.8, 4) is 0 Å². The number of allylic oxidation sites excluding steroid dienone is 2. The third-order valence-electron chi connectivity index (χ3n) is 3.13. The van der Waals surface area contributed by atoms with Gasteiger partial charge in [0, 0.05) is 0 Å². The Morgan fingerprint density at radius 2 is 2.13 bits per heavy atom. The van der Waals surface area contributed by atoms with Crippen molar-refractivity contribution in [3.63, 3.8) is 0 Å². The van der Waals surface area contributed by atoms with Crippen LogP contribution in [0.5, 0.6) is 0 Å². The Bertz CT molecular complexity index is 375. The van der Waals surface area contributed by atoms with E-state index in [2.05, 4.69) is 32.1 Å². The van der Waals surface area contributed by atoms with Crippen LogP contribution in [0, 0.1) is 5.92 Å². The molecule has 2 atom stereocenters. The predicted molar refractivity (Wildman–Crippen MR) is 62.6 cm³/mol. The SMILES string of the molecule is CC(C)=CCC1Cc2ccccc2C1O. The largest absolute Gasteiger partial charge is 0.388 e. The Balaban J connectivity index is 2.13. The van der Waals surface area contributed by atoms with Gasteiger partial charge in [0.05, 0.1) is 6.10 Å². The van der Waals surface area contributed by atoms with Crippen LogP contribution in [0.2, 0.25) is 0 Å². The molecular formula is C14H18O. The molecule has 0 spiro atoms. The maximum Gasteiger partial charge on any atom is 0.0827 e. The lowest BCUT2D eigenvalue weighted by Crippen LogP contribution is -2.05. The summed E-state index contributed by atoms with van der Waals surface area (Å²) in [6.07, 6.45) is 3.95. The molecule has 0 saturated heterocycles. The normalized spacial score (nSPS) is 23.7. The first-order valence-corrected chi connectivity index (χ1v) is 5.57. The molecule has 1 nitrogen and oxygen atoms in total. The first-order chi connectivity index (χ1) is 7.18. The molecule has 1 aromatic carbocycles. The second kappa shape index (κ2) is 4.19. The monoisotopic (exact) mass is 202 g/mol. The Hall–Kier alpha value is -1.08. The van der Waals surface area contributed by atoms with Crippen LogP contribution in [0.15, 0.2) is 35.9 Å². The van der Waals surface area contributed by atoms with E-state index in [1.54, 1.807) is 0 Å². The Morgan fingerprint density at radius 1 is 1.40 bits per heavy atom. The van der Waals surface area contributed by atoms with Gasteiger partial charge in [0.25, 0.3) is 0 Å². The zero-order valence-electron chi connectivity index (χ0n) is 9.40. The van der Waals surface area contributed by atoms with Crippen molar-refractivity contribution in [2.45, 2.75) is 32.8 Å². The summed E-state index contributed by atoms with van der Waals surface area (Å²) in [7, 11) is 0. The van der Waals surface area contributed by atoms with Crippen molar-refractivity contribution in [3.05, 3.63) is 47.0 Å². The van der Waals surface area contributed by atoms with Gasteiger partial charge in [0.1, 0.15) is 0 Å². The summed E-state index contributed by atoms with van der Waals surface area (Å²) in [6, 6.07) is 8.23. The van der Waals surface area contributed by atoms with E-state index in [9.17, 15) is 5.11 Å². The lowest BCUT2D eigenvalue weighted by Gasteiger charge is -2.12. The van der Waals surface area contributed by atoms with Crippen LogP contribution in [-0.4, -0.2) is 5.11 Å². The van der Waals surface area contributed by atoms with E-state index in [4.69, 9.17) is 0 Å². The van der Waals surface area contributed by atoms with Crippen LogP contribution in [0.3, 0.4) is 0 Å². The molecule has 1 aliphatic rings. The van der Waals surface area contributed by atoms with Gasteiger partial charge in [-0.15, -0.1) is 0 Å². The molecule has 1 aromatic rings. The minimum atomic E-state index is -0.267. The Morgan fingerprint density at radius 3 is 2.80 bits per heavy atom. The van der Waals surface area contributed by atoms with Crippen molar-refractivity contribution >= 4 is 0 Å².